The number of rotatable bonds is 4. The molecule has 0 bridgehead atoms. The number of para-hydroxylation sites is 1. The van der Waals surface area contributed by atoms with Crippen LogP contribution in [-0.2, 0) is 10.3 Å². The van der Waals surface area contributed by atoms with Gasteiger partial charge in [0.25, 0.3) is 5.91 Å². The first kappa shape index (κ1) is 17.8. The van der Waals surface area contributed by atoms with E-state index in [1.165, 1.54) is 0 Å². The zero-order valence-electron chi connectivity index (χ0n) is 15.8. The van der Waals surface area contributed by atoms with Gasteiger partial charge in [-0.15, -0.1) is 5.01 Å². The predicted molar refractivity (Wildman–Crippen MR) is 106 cm³/mol. The molecule has 0 radical (unpaired) electrons. The highest BCUT2D eigenvalue weighted by atomic mass is 16.5. The van der Waals surface area contributed by atoms with Gasteiger partial charge >= 0.3 is 6.03 Å². The van der Waals surface area contributed by atoms with Crippen LogP contribution >= 0.6 is 0 Å². The number of nitrogens with zero attached hydrogens (tertiary/aromatic N) is 2. The Bertz CT molecular complexity index is 1100. The van der Waals surface area contributed by atoms with E-state index in [4.69, 9.17) is 4.74 Å². The molecule has 1 aliphatic heterocycles. The summed E-state index contributed by atoms with van der Waals surface area (Å²) in [6.07, 6.45) is 1.55. The molecule has 2 aromatic carbocycles. The first-order chi connectivity index (χ1) is 13.4. The molecule has 4 rings (SSSR count). The standard InChI is InChI=1S/C21H20N4O3/c1-13-17(16-6-4-5-7-18(16)23-13)12-22-25-19(26)21(2,24-20(25)27)14-8-10-15(28-3)11-9-14/h4-12,23H,1-3H3,(H,24,27)/b22-12+/t21-/m1/s1. The monoisotopic (exact) mass is 376 g/mol. The summed E-state index contributed by atoms with van der Waals surface area (Å²) in [7, 11) is 1.57. The van der Waals surface area contributed by atoms with E-state index >= 15 is 0 Å². The smallest absolute Gasteiger partial charge is 0.346 e. The minimum atomic E-state index is -1.18. The van der Waals surface area contributed by atoms with Gasteiger partial charge in [-0.25, -0.2) is 4.79 Å². The summed E-state index contributed by atoms with van der Waals surface area (Å²) in [6.45, 7) is 3.59. The molecule has 0 spiro atoms. The maximum absolute atomic E-state index is 13.0. The van der Waals surface area contributed by atoms with Gasteiger partial charge in [-0.1, -0.05) is 30.3 Å². The molecule has 1 fully saturated rings. The maximum Gasteiger partial charge on any atom is 0.346 e. The molecule has 2 N–H and O–H groups in total. The number of amides is 3. The number of fused-ring (bicyclic) bond motifs is 1. The molecular formula is C21H20N4O3. The lowest BCUT2D eigenvalue weighted by Gasteiger charge is -2.21. The number of imide groups is 1. The van der Waals surface area contributed by atoms with Crippen LogP contribution in [0.25, 0.3) is 10.9 Å². The molecule has 1 aromatic heterocycles. The lowest BCUT2D eigenvalue weighted by Crippen LogP contribution is -2.40. The molecule has 7 heteroatoms. The average molecular weight is 376 g/mol. The Balaban J connectivity index is 1.65. The van der Waals surface area contributed by atoms with E-state index in [-0.39, 0.29) is 0 Å². The van der Waals surface area contributed by atoms with Crippen molar-refractivity contribution < 1.29 is 14.3 Å². The van der Waals surface area contributed by atoms with Crippen molar-refractivity contribution >= 4 is 29.1 Å². The van der Waals surface area contributed by atoms with Gasteiger partial charge in [-0.3, -0.25) is 4.79 Å². The number of ether oxygens (including phenoxy) is 1. The lowest BCUT2D eigenvalue weighted by atomic mass is 9.92. The molecule has 142 valence electrons. The molecule has 2 heterocycles. The normalized spacial score (nSPS) is 19.6. The van der Waals surface area contributed by atoms with Crippen LogP contribution in [0.3, 0.4) is 0 Å². The van der Waals surface area contributed by atoms with Crippen LogP contribution in [0.4, 0.5) is 4.79 Å². The van der Waals surface area contributed by atoms with Crippen LogP contribution in [0, 0.1) is 6.92 Å². The number of benzene rings is 2. The van der Waals surface area contributed by atoms with Gasteiger partial charge in [-0.2, -0.15) is 5.10 Å². The van der Waals surface area contributed by atoms with Crippen molar-refractivity contribution in [3.63, 3.8) is 0 Å². The predicted octanol–water partition coefficient (Wildman–Crippen LogP) is 3.29. The Morgan fingerprint density at radius 3 is 2.54 bits per heavy atom. The summed E-state index contributed by atoms with van der Waals surface area (Å²) >= 11 is 0. The third-order valence-electron chi connectivity index (χ3n) is 5.08. The van der Waals surface area contributed by atoms with E-state index in [0.29, 0.717) is 11.3 Å². The van der Waals surface area contributed by atoms with Crippen LogP contribution in [0.2, 0.25) is 0 Å². The number of aromatic nitrogens is 1. The minimum absolute atomic E-state index is 0.434. The highest BCUT2D eigenvalue weighted by molar-refractivity contribution is 6.08. The number of H-pyrrole nitrogens is 1. The molecule has 0 unspecified atom stereocenters. The van der Waals surface area contributed by atoms with Gasteiger partial charge in [0.05, 0.1) is 13.3 Å². The van der Waals surface area contributed by atoms with Crippen molar-refractivity contribution in [2.45, 2.75) is 19.4 Å². The van der Waals surface area contributed by atoms with Crippen LogP contribution in [0.15, 0.2) is 53.6 Å². The molecule has 3 aromatic rings. The number of carbonyl (C=O) groups is 2. The van der Waals surface area contributed by atoms with Crippen LogP contribution in [-0.4, -0.2) is 35.3 Å². The van der Waals surface area contributed by atoms with Crippen molar-refractivity contribution in [1.29, 1.82) is 0 Å². The Morgan fingerprint density at radius 1 is 1.11 bits per heavy atom. The SMILES string of the molecule is COc1ccc([C@@]2(C)NC(=O)N(/N=C/c3c(C)[nH]c4ccccc34)C2=O)cc1. The second-order valence-corrected chi connectivity index (χ2v) is 6.85. The number of hydrogen-bond donors (Lipinski definition) is 2. The molecule has 1 atom stereocenters. The minimum Gasteiger partial charge on any atom is -0.497 e. The number of hydrogen-bond acceptors (Lipinski definition) is 4. The fourth-order valence-corrected chi connectivity index (χ4v) is 3.43. The van der Waals surface area contributed by atoms with Crippen molar-refractivity contribution in [1.82, 2.24) is 15.3 Å². The zero-order chi connectivity index (χ0) is 19.9. The molecule has 0 saturated carbocycles. The Hall–Kier alpha value is -3.61. The summed E-state index contributed by atoms with van der Waals surface area (Å²) in [4.78, 5) is 28.7. The lowest BCUT2D eigenvalue weighted by molar-refractivity contribution is -0.131. The summed E-state index contributed by atoms with van der Waals surface area (Å²) in [5.74, 6) is 0.241. The van der Waals surface area contributed by atoms with Crippen LogP contribution in [0.1, 0.15) is 23.7 Å². The Kier molecular flexibility index (Phi) is 4.15. The van der Waals surface area contributed by atoms with Crippen molar-refractivity contribution in [2.75, 3.05) is 7.11 Å². The van der Waals surface area contributed by atoms with Gasteiger partial charge in [0.1, 0.15) is 11.3 Å². The van der Waals surface area contributed by atoms with Gasteiger partial charge < -0.3 is 15.0 Å². The van der Waals surface area contributed by atoms with Crippen LogP contribution < -0.4 is 10.1 Å². The number of hydrazone groups is 1. The van der Waals surface area contributed by atoms with Gasteiger partial charge in [0.2, 0.25) is 0 Å². The number of aromatic amines is 1. The van der Waals surface area contributed by atoms with Crippen LogP contribution in [0.5, 0.6) is 5.75 Å². The van der Waals surface area contributed by atoms with Gasteiger partial charge in [0.15, 0.2) is 0 Å². The molecule has 3 amide bonds. The molecule has 7 nitrogen and oxygen atoms in total. The topological polar surface area (TPSA) is 86.8 Å². The quantitative estimate of drug-likeness (QED) is 0.541. The third-order valence-corrected chi connectivity index (χ3v) is 5.08. The average Bonchev–Trinajstić information content (AvgIpc) is 3.13. The van der Waals surface area contributed by atoms with E-state index < -0.39 is 17.5 Å². The summed E-state index contributed by atoms with van der Waals surface area (Å²) in [5.41, 5.74) is 2.20. The highest BCUT2D eigenvalue weighted by Gasteiger charge is 2.49. The molecular weight excluding hydrogens is 356 g/mol. The van der Waals surface area contributed by atoms with E-state index in [1.807, 2.05) is 31.2 Å². The number of aryl methyl sites for hydroxylation is 1. The molecule has 1 aliphatic rings. The first-order valence-electron chi connectivity index (χ1n) is 8.86. The largest absolute Gasteiger partial charge is 0.497 e. The Morgan fingerprint density at radius 2 is 1.82 bits per heavy atom. The third kappa shape index (κ3) is 2.72. The number of methoxy groups -OCH3 is 1. The Labute approximate surface area is 162 Å². The van der Waals surface area contributed by atoms with Crippen molar-refractivity contribution in [3.05, 3.63) is 65.4 Å². The van der Waals surface area contributed by atoms with Crippen molar-refractivity contribution in [3.8, 4) is 5.75 Å². The molecule has 0 aliphatic carbocycles. The number of carbonyl (C=O) groups excluding carboxylic acids is 2. The maximum atomic E-state index is 13.0. The number of nitrogens with one attached hydrogen (secondary N) is 2. The fourth-order valence-electron chi connectivity index (χ4n) is 3.43. The fraction of sp³-hybridized carbons (Fsp3) is 0.190. The van der Waals surface area contributed by atoms with Gasteiger partial charge in [-0.05, 0) is 37.6 Å². The summed E-state index contributed by atoms with van der Waals surface area (Å²) in [5, 5.41) is 8.80. The highest BCUT2D eigenvalue weighted by Crippen LogP contribution is 2.30. The second kappa shape index (κ2) is 6.53. The van der Waals surface area contributed by atoms with Crippen molar-refractivity contribution in [2.24, 2.45) is 5.10 Å². The summed E-state index contributed by atoms with van der Waals surface area (Å²) in [6, 6.07) is 14.3. The molecule has 28 heavy (non-hydrogen) atoms. The summed E-state index contributed by atoms with van der Waals surface area (Å²) < 4.78 is 5.15. The van der Waals surface area contributed by atoms with E-state index in [1.54, 1.807) is 44.5 Å². The molecule has 1 saturated heterocycles. The van der Waals surface area contributed by atoms with E-state index in [2.05, 4.69) is 15.4 Å². The van der Waals surface area contributed by atoms with E-state index in [9.17, 15) is 9.59 Å². The zero-order valence-corrected chi connectivity index (χ0v) is 15.8. The van der Waals surface area contributed by atoms with E-state index in [0.717, 1.165) is 27.2 Å². The number of urea groups is 1. The first-order valence-corrected chi connectivity index (χ1v) is 8.86. The second-order valence-electron chi connectivity index (χ2n) is 6.85. The van der Waals surface area contributed by atoms with Gasteiger partial charge in [0, 0.05) is 22.2 Å².